The predicted molar refractivity (Wildman–Crippen MR) is 105 cm³/mol. The molecule has 33 heavy (non-hydrogen) atoms. The fourth-order valence-corrected chi connectivity index (χ4v) is 3.27. The number of carbonyl (C=O) groups excluding carboxylic acids is 2. The number of hydrogen-bond donors (Lipinski definition) is 1. The Kier molecular flexibility index (Phi) is 6.89. The second kappa shape index (κ2) is 9.47. The first-order valence-corrected chi connectivity index (χ1v) is 9.53. The molecule has 0 unspecified atom stereocenters. The molecule has 3 aromatic rings. The summed E-state index contributed by atoms with van der Waals surface area (Å²) in [7, 11) is 1.21. The molecule has 0 bridgehead atoms. The molecule has 1 N–H and O–H groups in total. The van der Waals surface area contributed by atoms with Crippen LogP contribution in [0.1, 0.15) is 55.2 Å². The molecule has 0 spiro atoms. The molecule has 174 valence electrons. The lowest BCUT2D eigenvalue weighted by Crippen LogP contribution is -2.25. The Balaban J connectivity index is 1.87. The van der Waals surface area contributed by atoms with E-state index in [-0.39, 0.29) is 29.8 Å². The standard InChI is InChI=1S/C22H17F6N3O2/c1-31-19(20(24)25)18(21(33)29-10-14-5-2-13(11-32)8-16(14)23)17(30-31)9-12-3-6-15(7-4-12)22(26,27)28/h2-8,11,20H,9-10H2,1H3,(H,29,33). The molecular formula is C22H17F6N3O2. The number of aryl methyl sites for hydroxylation is 1. The summed E-state index contributed by atoms with van der Waals surface area (Å²) in [4.78, 5) is 23.5. The van der Waals surface area contributed by atoms with Crippen LogP contribution in [0.5, 0.6) is 0 Å². The summed E-state index contributed by atoms with van der Waals surface area (Å²) >= 11 is 0. The van der Waals surface area contributed by atoms with E-state index in [9.17, 15) is 35.9 Å². The van der Waals surface area contributed by atoms with Gasteiger partial charge in [-0.1, -0.05) is 24.3 Å². The van der Waals surface area contributed by atoms with Crippen LogP contribution in [-0.4, -0.2) is 22.0 Å². The summed E-state index contributed by atoms with van der Waals surface area (Å²) in [6.45, 7) is -0.346. The third-order valence-electron chi connectivity index (χ3n) is 4.90. The first kappa shape index (κ1) is 24.0. The number of benzene rings is 2. The average molecular weight is 469 g/mol. The van der Waals surface area contributed by atoms with Crippen LogP contribution >= 0.6 is 0 Å². The second-order valence-electron chi connectivity index (χ2n) is 7.15. The van der Waals surface area contributed by atoms with Gasteiger partial charge in [0.1, 0.15) is 17.8 Å². The lowest BCUT2D eigenvalue weighted by Gasteiger charge is -2.10. The largest absolute Gasteiger partial charge is 0.416 e. The van der Waals surface area contributed by atoms with Gasteiger partial charge in [-0.15, -0.1) is 0 Å². The van der Waals surface area contributed by atoms with Gasteiger partial charge in [0.15, 0.2) is 0 Å². The average Bonchev–Trinajstić information content (AvgIpc) is 3.08. The Labute approximate surface area is 184 Å². The van der Waals surface area contributed by atoms with Crippen LogP contribution in [0.15, 0.2) is 42.5 Å². The van der Waals surface area contributed by atoms with E-state index in [0.717, 1.165) is 22.9 Å². The number of amides is 1. The van der Waals surface area contributed by atoms with Crippen molar-refractivity contribution < 1.29 is 35.9 Å². The summed E-state index contributed by atoms with van der Waals surface area (Å²) in [6, 6.07) is 7.62. The molecule has 0 saturated heterocycles. The minimum absolute atomic E-state index is 0.0285. The molecule has 1 amide bonds. The number of rotatable bonds is 7. The number of aromatic nitrogens is 2. The van der Waals surface area contributed by atoms with Crippen LogP contribution in [0, 0.1) is 5.82 Å². The molecule has 2 aromatic carbocycles. The summed E-state index contributed by atoms with van der Waals surface area (Å²) in [6.07, 6.45) is -7.32. The van der Waals surface area contributed by atoms with Gasteiger partial charge < -0.3 is 5.32 Å². The van der Waals surface area contributed by atoms with Crippen molar-refractivity contribution >= 4 is 12.2 Å². The van der Waals surface area contributed by atoms with Crippen LogP contribution in [0.4, 0.5) is 26.3 Å². The monoisotopic (exact) mass is 469 g/mol. The minimum Gasteiger partial charge on any atom is -0.348 e. The molecule has 5 nitrogen and oxygen atoms in total. The Bertz CT molecular complexity index is 1170. The number of nitrogens with zero attached hydrogens (tertiary/aromatic N) is 2. The van der Waals surface area contributed by atoms with Crippen molar-refractivity contribution in [3.63, 3.8) is 0 Å². The van der Waals surface area contributed by atoms with Crippen molar-refractivity contribution in [3.05, 3.63) is 87.5 Å². The van der Waals surface area contributed by atoms with E-state index in [2.05, 4.69) is 10.4 Å². The number of alkyl halides is 5. The number of hydrogen-bond acceptors (Lipinski definition) is 3. The lowest BCUT2D eigenvalue weighted by atomic mass is 10.0. The second-order valence-corrected chi connectivity index (χ2v) is 7.15. The predicted octanol–water partition coefficient (Wildman–Crippen LogP) is 4.85. The number of halogens is 6. The van der Waals surface area contributed by atoms with Gasteiger partial charge in [0.05, 0.1) is 16.8 Å². The van der Waals surface area contributed by atoms with E-state index in [1.54, 1.807) is 0 Å². The van der Waals surface area contributed by atoms with Crippen LogP contribution in [-0.2, 0) is 26.2 Å². The molecule has 0 aliphatic carbocycles. The van der Waals surface area contributed by atoms with E-state index in [1.807, 2.05) is 0 Å². The maximum Gasteiger partial charge on any atom is 0.416 e. The topological polar surface area (TPSA) is 64.0 Å². The number of nitrogens with one attached hydrogen (secondary N) is 1. The molecule has 0 aliphatic heterocycles. The van der Waals surface area contributed by atoms with Crippen molar-refractivity contribution in [1.82, 2.24) is 15.1 Å². The van der Waals surface area contributed by atoms with Crippen molar-refractivity contribution in [2.24, 2.45) is 7.05 Å². The summed E-state index contributed by atoms with van der Waals surface area (Å²) in [5, 5.41) is 6.31. The van der Waals surface area contributed by atoms with E-state index in [0.29, 0.717) is 11.8 Å². The van der Waals surface area contributed by atoms with E-state index in [4.69, 9.17) is 0 Å². The van der Waals surface area contributed by atoms with Gasteiger partial charge in [0, 0.05) is 31.1 Å². The van der Waals surface area contributed by atoms with Crippen LogP contribution in [0.2, 0.25) is 0 Å². The van der Waals surface area contributed by atoms with E-state index in [1.165, 1.54) is 31.3 Å². The molecule has 0 saturated carbocycles. The summed E-state index contributed by atoms with van der Waals surface area (Å²) in [5.74, 6) is -1.70. The van der Waals surface area contributed by atoms with Crippen molar-refractivity contribution in [2.45, 2.75) is 25.6 Å². The molecule has 0 radical (unpaired) electrons. The highest BCUT2D eigenvalue weighted by molar-refractivity contribution is 5.96. The third-order valence-corrected chi connectivity index (χ3v) is 4.90. The van der Waals surface area contributed by atoms with E-state index < -0.39 is 41.1 Å². The molecule has 3 rings (SSSR count). The smallest absolute Gasteiger partial charge is 0.348 e. The van der Waals surface area contributed by atoms with Gasteiger partial charge in [-0.05, 0) is 23.8 Å². The zero-order valence-corrected chi connectivity index (χ0v) is 17.1. The zero-order valence-electron chi connectivity index (χ0n) is 17.1. The number of carbonyl (C=O) groups is 2. The summed E-state index contributed by atoms with van der Waals surface area (Å²) < 4.78 is 80.4. The molecule has 1 aromatic heterocycles. The van der Waals surface area contributed by atoms with Crippen molar-refractivity contribution in [1.29, 1.82) is 0 Å². The first-order valence-electron chi connectivity index (χ1n) is 9.53. The molecule has 1 heterocycles. The van der Waals surface area contributed by atoms with E-state index >= 15 is 0 Å². The van der Waals surface area contributed by atoms with Crippen LogP contribution < -0.4 is 5.32 Å². The van der Waals surface area contributed by atoms with Crippen LogP contribution in [0.25, 0.3) is 0 Å². The number of aldehydes is 1. The lowest BCUT2D eigenvalue weighted by molar-refractivity contribution is -0.137. The van der Waals surface area contributed by atoms with Gasteiger partial charge in [0.2, 0.25) is 0 Å². The van der Waals surface area contributed by atoms with Gasteiger partial charge >= 0.3 is 6.18 Å². The van der Waals surface area contributed by atoms with Gasteiger partial charge in [-0.25, -0.2) is 13.2 Å². The highest BCUT2D eigenvalue weighted by atomic mass is 19.4. The highest BCUT2D eigenvalue weighted by Crippen LogP contribution is 2.30. The maximum absolute atomic E-state index is 14.1. The maximum atomic E-state index is 14.1. The van der Waals surface area contributed by atoms with Crippen molar-refractivity contribution in [3.8, 4) is 0 Å². The normalized spacial score (nSPS) is 11.6. The Hall–Kier alpha value is -3.63. The Morgan fingerprint density at radius 3 is 2.36 bits per heavy atom. The Morgan fingerprint density at radius 1 is 1.15 bits per heavy atom. The van der Waals surface area contributed by atoms with Crippen LogP contribution in [0.3, 0.4) is 0 Å². The zero-order chi connectivity index (χ0) is 24.3. The molecule has 11 heteroatoms. The minimum atomic E-state index is -4.53. The fraction of sp³-hybridized carbons (Fsp3) is 0.227. The first-order chi connectivity index (χ1) is 15.5. The molecule has 0 aliphatic rings. The highest BCUT2D eigenvalue weighted by Gasteiger charge is 2.31. The molecule has 0 atom stereocenters. The molecule has 0 fully saturated rings. The van der Waals surface area contributed by atoms with Gasteiger partial charge in [0.25, 0.3) is 12.3 Å². The van der Waals surface area contributed by atoms with Gasteiger partial charge in [-0.2, -0.15) is 18.3 Å². The van der Waals surface area contributed by atoms with Gasteiger partial charge in [-0.3, -0.25) is 14.3 Å². The Morgan fingerprint density at radius 2 is 1.82 bits per heavy atom. The fourth-order valence-electron chi connectivity index (χ4n) is 3.27. The SMILES string of the molecule is Cn1nc(Cc2ccc(C(F)(F)F)cc2)c(C(=O)NCc2ccc(C=O)cc2F)c1C(F)F. The molecular weight excluding hydrogens is 452 g/mol. The quantitative estimate of drug-likeness (QED) is 0.398. The summed E-state index contributed by atoms with van der Waals surface area (Å²) in [5.41, 5.74) is -1.60. The van der Waals surface area contributed by atoms with Crippen molar-refractivity contribution in [2.75, 3.05) is 0 Å². The third kappa shape index (κ3) is 5.41.